The normalized spacial score (nSPS) is 26.0. The Morgan fingerprint density at radius 1 is 1.44 bits per heavy atom. The van der Waals surface area contributed by atoms with Crippen molar-refractivity contribution in [2.45, 2.75) is 38.7 Å². The van der Waals surface area contributed by atoms with Crippen LogP contribution in [-0.4, -0.2) is 27.8 Å². The molecule has 2 unspecified atom stereocenters. The van der Waals surface area contributed by atoms with Crippen LogP contribution >= 0.6 is 0 Å². The Balaban J connectivity index is 2.11. The highest BCUT2D eigenvalue weighted by Gasteiger charge is 2.48. The maximum Gasteiger partial charge on any atom is 0.272 e. The number of aromatic nitrogens is 2. The van der Waals surface area contributed by atoms with Gasteiger partial charge >= 0.3 is 0 Å². The van der Waals surface area contributed by atoms with E-state index in [1.165, 1.54) is 12.4 Å². The van der Waals surface area contributed by atoms with E-state index >= 15 is 0 Å². The average molecular weight is 255 g/mol. The third kappa shape index (κ3) is 2.47. The van der Waals surface area contributed by atoms with Gasteiger partial charge in [-0.25, -0.2) is 13.8 Å². The third-order valence-corrected chi connectivity index (χ3v) is 3.17. The Kier molecular flexibility index (Phi) is 3.28. The van der Waals surface area contributed by atoms with Crippen LogP contribution in [0.2, 0.25) is 0 Å². The van der Waals surface area contributed by atoms with Gasteiger partial charge in [-0.15, -0.1) is 0 Å². The van der Waals surface area contributed by atoms with Crippen molar-refractivity contribution in [3.05, 3.63) is 23.8 Å². The van der Waals surface area contributed by atoms with Crippen LogP contribution in [0, 0.1) is 12.8 Å². The van der Waals surface area contributed by atoms with Gasteiger partial charge in [-0.2, -0.15) is 0 Å². The SMILES string of the molecule is Cc1nccnc1C(=O)NC1CC(C)CC1(F)F. The predicted molar refractivity (Wildman–Crippen MR) is 61.4 cm³/mol. The largest absolute Gasteiger partial charge is 0.342 e. The fraction of sp³-hybridized carbons (Fsp3) is 0.583. The summed E-state index contributed by atoms with van der Waals surface area (Å²) in [7, 11) is 0. The van der Waals surface area contributed by atoms with Crippen molar-refractivity contribution in [3.63, 3.8) is 0 Å². The lowest BCUT2D eigenvalue weighted by atomic mass is 10.1. The second-order valence-electron chi connectivity index (χ2n) is 4.82. The molecule has 0 spiro atoms. The van der Waals surface area contributed by atoms with Crippen LogP contribution in [0.1, 0.15) is 35.9 Å². The van der Waals surface area contributed by atoms with E-state index in [4.69, 9.17) is 0 Å². The van der Waals surface area contributed by atoms with Crippen molar-refractivity contribution in [2.75, 3.05) is 0 Å². The number of hydrogen-bond acceptors (Lipinski definition) is 3. The number of halogens is 2. The first-order valence-electron chi connectivity index (χ1n) is 5.86. The van der Waals surface area contributed by atoms with E-state index in [0.717, 1.165) is 0 Å². The van der Waals surface area contributed by atoms with Gasteiger partial charge in [0.25, 0.3) is 11.8 Å². The maximum absolute atomic E-state index is 13.6. The van der Waals surface area contributed by atoms with Crippen LogP contribution in [0.5, 0.6) is 0 Å². The second-order valence-corrected chi connectivity index (χ2v) is 4.82. The van der Waals surface area contributed by atoms with Gasteiger partial charge in [-0.05, 0) is 19.3 Å². The van der Waals surface area contributed by atoms with Crippen molar-refractivity contribution in [1.82, 2.24) is 15.3 Å². The van der Waals surface area contributed by atoms with E-state index in [2.05, 4.69) is 15.3 Å². The van der Waals surface area contributed by atoms with E-state index in [1.54, 1.807) is 13.8 Å². The van der Waals surface area contributed by atoms with Crippen molar-refractivity contribution < 1.29 is 13.6 Å². The number of hydrogen-bond donors (Lipinski definition) is 1. The molecule has 0 bridgehead atoms. The van der Waals surface area contributed by atoms with E-state index in [9.17, 15) is 13.6 Å². The molecule has 1 aromatic heterocycles. The Morgan fingerprint density at radius 3 is 2.67 bits per heavy atom. The molecule has 1 heterocycles. The van der Waals surface area contributed by atoms with Gasteiger partial charge in [0, 0.05) is 18.8 Å². The number of nitrogens with zero attached hydrogens (tertiary/aromatic N) is 2. The molecule has 1 aliphatic carbocycles. The van der Waals surface area contributed by atoms with E-state index in [0.29, 0.717) is 5.69 Å². The Labute approximate surface area is 104 Å². The lowest BCUT2D eigenvalue weighted by Crippen LogP contribution is -2.44. The minimum Gasteiger partial charge on any atom is -0.342 e. The van der Waals surface area contributed by atoms with Crippen molar-refractivity contribution in [1.29, 1.82) is 0 Å². The fourth-order valence-corrected chi connectivity index (χ4v) is 2.29. The molecule has 1 N–H and O–H groups in total. The second kappa shape index (κ2) is 4.59. The minimum atomic E-state index is -2.84. The molecule has 0 radical (unpaired) electrons. The van der Waals surface area contributed by atoms with Crippen LogP contribution in [0.15, 0.2) is 12.4 Å². The van der Waals surface area contributed by atoms with Gasteiger partial charge in [-0.3, -0.25) is 9.78 Å². The summed E-state index contributed by atoms with van der Waals surface area (Å²) in [5.41, 5.74) is 0.539. The zero-order valence-corrected chi connectivity index (χ0v) is 10.3. The Morgan fingerprint density at radius 2 is 2.11 bits per heavy atom. The molecule has 1 fully saturated rings. The molecular weight excluding hydrogens is 240 g/mol. The molecule has 0 aromatic carbocycles. The van der Waals surface area contributed by atoms with Gasteiger partial charge in [0.2, 0.25) is 0 Å². The lowest BCUT2D eigenvalue weighted by Gasteiger charge is -2.20. The number of amides is 1. The molecule has 0 saturated heterocycles. The molecule has 18 heavy (non-hydrogen) atoms. The molecule has 1 aliphatic rings. The predicted octanol–water partition coefficient (Wildman–Crippen LogP) is 1.95. The number of carbonyl (C=O) groups is 1. The molecule has 6 heteroatoms. The third-order valence-electron chi connectivity index (χ3n) is 3.17. The molecule has 2 atom stereocenters. The van der Waals surface area contributed by atoms with E-state index in [-0.39, 0.29) is 24.5 Å². The number of nitrogens with one attached hydrogen (secondary N) is 1. The zero-order valence-electron chi connectivity index (χ0n) is 10.3. The van der Waals surface area contributed by atoms with E-state index < -0.39 is 17.9 Å². The zero-order chi connectivity index (χ0) is 13.3. The summed E-state index contributed by atoms with van der Waals surface area (Å²) in [6.07, 6.45) is 2.94. The maximum atomic E-state index is 13.6. The highest BCUT2D eigenvalue weighted by atomic mass is 19.3. The smallest absolute Gasteiger partial charge is 0.272 e. The summed E-state index contributed by atoms with van der Waals surface area (Å²) < 4.78 is 27.2. The molecule has 1 amide bonds. The molecular formula is C12H15F2N3O. The summed E-state index contributed by atoms with van der Waals surface area (Å²) in [6, 6.07) is -1.11. The quantitative estimate of drug-likeness (QED) is 0.878. The number of carbonyl (C=O) groups excluding carboxylic acids is 1. The summed E-state index contributed by atoms with van der Waals surface area (Å²) in [4.78, 5) is 19.7. The summed E-state index contributed by atoms with van der Waals surface area (Å²) in [5, 5.41) is 2.37. The van der Waals surface area contributed by atoms with E-state index in [1.807, 2.05) is 0 Å². The molecule has 98 valence electrons. The van der Waals surface area contributed by atoms with Crippen LogP contribution in [0.25, 0.3) is 0 Å². The van der Waals surface area contributed by atoms with Gasteiger partial charge < -0.3 is 5.32 Å². The average Bonchev–Trinajstić information content (AvgIpc) is 2.52. The molecule has 1 aromatic rings. The monoisotopic (exact) mass is 255 g/mol. The summed E-state index contributed by atoms with van der Waals surface area (Å²) in [5.74, 6) is -3.52. The van der Waals surface area contributed by atoms with Gasteiger partial charge in [0.15, 0.2) is 0 Å². The topological polar surface area (TPSA) is 54.9 Å². The van der Waals surface area contributed by atoms with Crippen molar-refractivity contribution >= 4 is 5.91 Å². The summed E-state index contributed by atoms with van der Waals surface area (Å²) >= 11 is 0. The first kappa shape index (κ1) is 12.9. The highest BCUT2D eigenvalue weighted by Crippen LogP contribution is 2.38. The van der Waals surface area contributed by atoms with Crippen molar-refractivity contribution in [3.8, 4) is 0 Å². The highest BCUT2D eigenvalue weighted by molar-refractivity contribution is 5.93. The van der Waals surface area contributed by atoms with Crippen molar-refractivity contribution in [2.24, 2.45) is 5.92 Å². The molecule has 0 aliphatic heterocycles. The Bertz CT molecular complexity index is 464. The standard InChI is InChI=1S/C12H15F2N3O/c1-7-5-9(12(13,14)6-7)17-11(18)10-8(2)15-3-4-16-10/h3-4,7,9H,5-6H2,1-2H3,(H,17,18). The van der Waals surface area contributed by atoms with Gasteiger partial charge in [-0.1, -0.05) is 6.92 Å². The van der Waals surface area contributed by atoms with Crippen LogP contribution < -0.4 is 5.32 Å². The van der Waals surface area contributed by atoms with Gasteiger partial charge in [0.1, 0.15) is 5.69 Å². The number of rotatable bonds is 2. The Hall–Kier alpha value is -1.59. The first-order valence-corrected chi connectivity index (χ1v) is 5.86. The molecule has 4 nitrogen and oxygen atoms in total. The fourth-order valence-electron chi connectivity index (χ4n) is 2.29. The van der Waals surface area contributed by atoms with Crippen LogP contribution in [0.3, 0.4) is 0 Å². The minimum absolute atomic E-state index is 0.0896. The van der Waals surface area contributed by atoms with Crippen LogP contribution in [0.4, 0.5) is 8.78 Å². The van der Waals surface area contributed by atoms with Gasteiger partial charge in [0.05, 0.1) is 11.7 Å². The number of aryl methyl sites for hydroxylation is 1. The summed E-state index contributed by atoms with van der Waals surface area (Å²) in [6.45, 7) is 3.38. The number of alkyl halides is 2. The lowest BCUT2D eigenvalue weighted by molar-refractivity contribution is -0.0187. The van der Waals surface area contributed by atoms with Crippen LogP contribution in [-0.2, 0) is 0 Å². The first-order chi connectivity index (χ1) is 8.40. The molecule has 2 rings (SSSR count). The molecule has 1 saturated carbocycles.